The quantitative estimate of drug-likeness (QED) is 0.759. The van der Waals surface area contributed by atoms with Crippen molar-refractivity contribution in [2.45, 2.75) is 79.2 Å². The lowest BCUT2D eigenvalue weighted by Crippen LogP contribution is -2.35. The summed E-state index contributed by atoms with van der Waals surface area (Å²) in [6, 6.07) is 0. The van der Waals surface area contributed by atoms with E-state index < -0.39 is 0 Å². The molecular formula is C16H32O. The Balaban J connectivity index is 2.57. The van der Waals surface area contributed by atoms with Gasteiger partial charge < -0.3 is 5.11 Å². The largest absolute Gasteiger partial charge is 0.393 e. The van der Waals surface area contributed by atoms with Gasteiger partial charge in [-0.25, -0.2) is 0 Å². The summed E-state index contributed by atoms with van der Waals surface area (Å²) >= 11 is 0. The van der Waals surface area contributed by atoms with Crippen LogP contribution in [0.25, 0.3) is 0 Å². The van der Waals surface area contributed by atoms with Gasteiger partial charge in [-0.2, -0.15) is 0 Å². The van der Waals surface area contributed by atoms with E-state index in [1.807, 2.05) is 0 Å². The summed E-state index contributed by atoms with van der Waals surface area (Å²) in [6.45, 7) is 11.6. The first kappa shape index (κ1) is 15.0. The molecule has 0 radical (unpaired) electrons. The van der Waals surface area contributed by atoms with Crippen molar-refractivity contribution in [2.24, 2.45) is 23.2 Å². The summed E-state index contributed by atoms with van der Waals surface area (Å²) < 4.78 is 0. The lowest BCUT2D eigenvalue weighted by Gasteiger charge is -2.41. The number of aliphatic hydroxyl groups excluding tert-OH is 1. The Morgan fingerprint density at radius 2 is 1.71 bits per heavy atom. The van der Waals surface area contributed by atoms with Gasteiger partial charge in [0.1, 0.15) is 0 Å². The highest BCUT2D eigenvalue weighted by Crippen LogP contribution is 2.42. The van der Waals surface area contributed by atoms with Crippen LogP contribution in [0.3, 0.4) is 0 Å². The van der Waals surface area contributed by atoms with E-state index in [9.17, 15) is 5.11 Å². The van der Waals surface area contributed by atoms with Gasteiger partial charge in [-0.1, -0.05) is 47.5 Å². The molecule has 3 unspecified atom stereocenters. The molecule has 0 heterocycles. The molecule has 1 saturated carbocycles. The lowest BCUT2D eigenvalue weighted by molar-refractivity contribution is 0.00830. The second-order valence-corrected chi connectivity index (χ2v) is 7.12. The second kappa shape index (κ2) is 6.22. The van der Waals surface area contributed by atoms with Crippen molar-refractivity contribution in [1.29, 1.82) is 0 Å². The van der Waals surface area contributed by atoms with E-state index in [-0.39, 0.29) is 6.10 Å². The molecule has 1 heteroatoms. The fourth-order valence-corrected chi connectivity index (χ4v) is 3.34. The summed E-state index contributed by atoms with van der Waals surface area (Å²) in [6.07, 6.45) is 7.20. The number of hydrogen-bond donors (Lipinski definition) is 1. The predicted molar refractivity (Wildman–Crippen MR) is 75.0 cm³/mol. The van der Waals surface area contributed by atoms with Gasteiger partial charge in [0.25, 0.3) is 0 Å². The highest BCUT2D eigenvalue weighted by atomic mass is 16.3. The van der Waals surface area contributed by atoms with Crippen LogP contribution in [0.1, 0.15) is 73.1 Å². The van der Waals surface area contributed by atoms with Crippen LogP contribution in [0.2, 0.25) is 0 Å². The Morgan fingerprint density at radius 1 is 1.12 bits per heavy atom. The van der Waals surface area contributed by atoms with Crippen molar-refractivity contribution in [3.63, 3.8) is 0 Å². The van der Waals surface area contributed by atoms with Gasteiger partial charge in [-0.3, -0.25) is 0 Å². The van der Waals surface area contributed by atoms with Gasteiger partial charge in [0, 0.05) is 0 Å². The van der Waals surface area contributed by atoms with Crippen molar-refractivity contribution in [3.8, 4) is 0 Å². The number of hydrogen-bond acceptors (Lipinski definition) is 1. The van der Waals surface area contributed by atoms with Crippen LogP contribution in [0.15, 0.2) is 0 Å². The minimum Gasteiger partial charge on any atom is -0.393 e. The van der Waals surface area contributed by atoms with Gasteiger partial charge in [-0.15, -0.1) is 0 Å². The molecule has 1 fully saturated rings. The molecule has 0 aliphatic heterocycles. The lowest BCUT2D eigenvalue weighted by atomic mass is 9.66. The number of rotatable bonds is 4. The molecule has 1 aliphatic carbocycles. The Morgan fingerprint density at radius 3 is 2.18 bits per heavy atom. The molecular weight excluding hydrogens is 208 g/mol. The second-order valence-electron chi connectivity index (χ2n) is 7.12. The summed E-state index contributed by atoms with van der Waals surface area (Å²) in [7, 11) is 0. The van der Waals surface area contributed by atoms with E-state index >= 15 is 0 Å². The molecule has 0 bridgehead atoms. The molecule has 0 aromatic rings. The molecule has 102 valence electrons. The van der Waals surface area contributed by atoms with Crippen molar-refractivity contribution in [2.75, 3.05) is 0 Å². The van der Waals surface area contributed by atoms with Crippen LogP contribution in [-0.2, 0) is 0 Å². The van der Waals surface area contributed by atoms with E-state index in [0.717, 1.165) is 18.3 Å². The Kier molecular flexibility index (Phi) is 5.50. The zero-order valence-electron chi connectivity index (χ0n) is 12.5. The fourth-order valence-electron chi connectivity index (χ4n) is 3.34. The summed E-state index contributed by atoms with van der Waals surface area (Å²) in [5.74, 6) is 2.16. The van der Waals surface area contributed by atoms with E-state index in [4.69, 9.17) is 0 Å². The molecule has 0 spiro atoms. The van der Waals surface area contributed by atoms with Crippen LogP contribution in [0.4, 0.5) is 0 Å². The first-order valence-corrected chi connectivity index (χ1v) is 7.56. The van der Waals surface area contributed by atoms with Crippen LogP contribution in [0.5, 0.6) is 0 Å². The van der Waals surface area contributed by atoms with E-state index in [0.29, 0.717) is 11.3 Å². The van der Waals surface area contributed by atoms with E-state index in [1.165, 1.54) is 32.1 Å². The smallest absolute Gasteiger partial charge is 0.0568 e. The fraction of sp³-hybridized carbons (Fsp3) is 1.00. The van der Waals surface area contributed by atoms with Gasteiger partial charge in [0.2, 0.25) is 0 Å². The van der Waals surface area contributed by atoms with Crippen molar-refractivity contribution >= 4 is 0 Å². The topological polar surface area (TPSA) is 20.2 Å². The van der Waals surface area contributed by atoms with Crippen molar-refractivity contribution < 1.29 is 5.11 Å². The monoisotopic (exact) mass is 240 g/mol. The summed E-state index contributed by atoms with van der Waals surface area (Å²) in [5, 5.41) is 10.2. The molecule has 0 aromatic carbocycles. The van der Waals surface area contributed by atoms with Crippen molar-refractivity contribution in [3.05, 3.63) is 0 Å². The molecule has 0 aromatic heterocycles. The standard InChI is InChI=1S/C16H32O/c1-6-12(7-2)10-13-11-14(16(3,4)5)8-9-15(13)17/h12-15,17H,6-11H2,1-5H3. The molecule has 1 N–H and O–H groups in total. The molecule has 0 saturated heterocycles. The number of aliphatic hydroxyl groups is 1. The van der Waals surface area contributed by atoms with Crippen molar-refractivity contribution in [1.82, 2.24) is 0 Å². The van der Waals surface area contributed by atoms with Gasteiger partial charge >= 0.3 is 0 Å². The predicted octanol–water partition coefficient (Wildman–Crippen LogP) is 4.64. The van der Waals surface area contributed by atoms with E-state index in [2.05, 4.69) is 34.6 Å². The third kappa shape index (κ3) is 4.28. The molecule has 3 atom stereocenters. The average molecular weight is 240 g/mol. The first-order valence-electron chi connectivity index (χ1n) is 7.56. The Labute approximate surface area is 108 Å². The third-order valence-corrected chi connectivity index (χ3v) is 4.96. The van der Waals surface area contributed by atoms with Gasteiger partial charge in [-0.05, 0) is 48.9 Å². The van der Waals surface area contributed by atoms with Crippen LogP contribution in [-0.4, -0.2) is 11.2 Å². The molecule has 1 rings (SSSR count). The Hall–Kier alpha value is -0.0400. The molecule has 17 heavy (non-hydrogen) atoms. The maximum absolute atomic E-state index is 10.2. The maximum atomic E-state index is 10.2. The summed E-state index contributed by atoms with van der Waals surface area (Å²) in [5.41, 5.74) is 0.409. The van der Waals surface area contributed by atoms with Gasteiger partial charge in [0.05, 0.1) is 6.10 Å². The normalized spacial score (nSPS) is 30.9. The highest BCUT2D eigenvalue weighted by molar-refractivity contribution is 4.86. The molecule has 1 aliphatic rings. The van der Waals surface area contributed by atoms with E-state index in [1.54, 1.807) is 0 Å². The Bertz CT molecular complexity index is 212. The van der Waals surface area contributed by atoms with Gasteiger partial charge in [0.15, 0.2) is 0 Å². The highest BCUT2D eigenvalue weighted by Gasteiger charge is 2.35. The minimum atomic E-state index is -0.0331. The third-order valence-electron chi connectivity index (χ3n) is 4.96. The zero-order valence-corrected chi connectivity index (χ0v) is 12.5. The molecule has 0 amide bonds. The molecule has 1 nitrogen and oxygen atoms in total. The SMILES string of the molecule is CCC(CC)CC1CC(C(C)(C)C)CCC1O. The first-order chi connectivity index (χ1) is 7.88. The van der Waals surface area contributed by atoms with Crippen LogP contribution < -0.4 is 0 Å². The zero-order chi connectivity index (χ0) is 13.1. The summed E-state index contributed by atoms with van der Waals surface area (Å²) in [4.78, 5) is 0. The minimum absolute atomic E-state index is 0.0331. The van der Waals surface area contributed by atoms with Crippen LogP contribution >= 0.6 is 0 Å². The van der Waals surface area contributed by atoms with Crippen LogP contribution in [0, 0.1) is 23.2 Å². The maximum Gasteiger partial charge on any atom is 0.0568 e. The average Bonchev–Trinajstić information content (AvgIpc) is 2.26.